The van der Waals surface area contributed by atoms with Crippen LogP contribution in [0.2, 0.25) is 0 Å². The van der Waals surface area contributed by atoms with Gasteiger partial charge in [0.15, 0.2) is 0 Å². The van der Waals surface area contributed by atoms with Crippen molar-refractivity contribution >= 4 is 5.97 Å². The smallest absolute Gasteiger partial charge is 0.464 e. The van der Waals surface area contributed by atoms with Crippen LogP contribution < -0.4 is 4.74 Å². The van der Waals surface area contributed by atoms with Crippen molar-refractivity contribution in [1.82, 2.24) is 0 Å². The summed E-state index contributed by atoms with van der Waals surface area (Å²) in [6.45, 7) is 2.44. The predicted molar refractivity (Wildman–Crippen MR) is 64.2 cm³/mol. The molecular formula is C13H14F4O4. The van der Waals surface area contributed by atoms with Crippen LogP contribution in [0.5, 0.6) is 5.75 Å². The Labute approximate surface area is 118 Å². The van der Waals surface area contributed by atoms with Gasteiger partial charge in [-0.3, -0.25) is 0 Å². The van der Waals surface area contributed by atoms with Gasteiger partial charge in [0.1, 0.15) is 11.4 Å². The van der Waals surface area contributed by atoms with Crippen molar-refractivity contribution in [2.75, 3.05) is 6.61 Å². The molecule has 0 aliphatic carbocycles. The molecule has 0 aliphatic rings. The van der Waals surface area contributed by atoms with E-state index in [0.29, 0.717) is 0 Å². The van der Waals surface area contributed by atoms with E-state index in [1.165, 1.54) is 6.92 Å². The van der Waals surface area contributed by atoms with Crippen LogP contribution in [0.25, 0.3) is 0 Å². The van der Waals surface area contributed by atoms with Crippen LogP contribution in [0.3, 0.4) is 0 Å². The van der Waals surface area contributed by atoms with Gasteiger partial charge in [-0.2, -0.15) is 0 Å². The van der Waals surface area contributed by atoms with E-state index >= 15 is 0 Å². The number of benzene rings is 1. The first kappa shape index (κ1) is 17.2. The zero-order valence-corrected chi connectivity index (χ0v) is 11.3. The van der Waals surface area contributed by atoms with Gasteiger partial charge in [-0.1, -0.05) is 12.1 Å². The third-order valence-corrected chi connectivity index (χ3v) is 2.66. The highest BCUT2D eigenvalue weighted by Gasteiger charge is 2.40. The van der Waals surface area contributed by atoms with Crippen molar-refractivity contribution < 1.29 is 36.9 Å². The van der Waals surface area contributed by atoms with Gasteiger partial charge < -0.3 is 14.6 Å². The van der Waals surface area contributed by atoms with Crippen LogP contribution in [0.15, 0.2) is 24.3 Å². The molecule has 0 saturated carbocycles. The van der Waals surface area contributed by atoms with Crippen LogP contribution in [0.4, 0.5) is 17.6 Å². The largest absolute Gasteiger partial charge is 0.573 e. The molecule has 0 radical (unpaired) electrons. The predicted octanol–water partition coefficient (Wildman–Crippen LogP) is 2.69. The van der Waals surface area contributed by atoms with E-state index in [1.807, 2.05) is 0 Å². The molecule has 4 nitrogen and oxygen atoms in total. The van der Waals surface area contributed by atoms with E-state index in [1.54, 1.807) is 0 Å². The van der Waals surface area contributed by atoms with E-state index in [9.17, 15) is 27.5 Å². The SMILES string of the molecule is CCOC(=O)C(F)C(C)(O)c1ccc(OC(F)(F)F)cc1. The fourth-order valence-electron chi connectivity index (χ4n) is 1.59. The zero-order chi connectivity index (χ0) is 16.3. The fourth-order valence-corrected chi connectivity index (χ4v) is 1.59. The van der Waals surface area contributed by atoms with Crippen LogP contribution in [0.1, 0.15) is 19.4 Å². The van der Waals surface area contributed by atoms with Crippen LogP contribution in [-0.4, -0.2) is 30.2 Å². The first-order valence-corrected chi connectivity index (χ1v) is 5.97. The van der Waals surface area contributed by atoms with Crippen molar-refractivity contribution in [3.63, 3.8) is 0 Å². The molecule has 0 heterocycles. The van der Waals surface area contributed by atoms with Crippen molar-refractivity contribution in [1.29, 1.82) is 0 Å². The molecule has 2 unspecified atom stereocenters. The lowest BCUT2D eigenvalue weighted by Crippen LogP contribution is -2.40. The number of carbonyl (C=O) groups is 1. The minimum Gasteiger partial charge on any atom is -0.464 e. The van der Waals surface area contributed by atoms with Crippen molar-refractivity contribution in [3.8, 4) is 5.75 Å². The van der Waals surface area contributed by atoms with Gasteiger partial charge in [-0.05, 0) is 31.5 Å². The first-order chi connectivity index (χ1) is 9.58. The maximum atomic E-state index is 13.9. The summed E-state index contributed by atoms with van der Waals surface area (Å²) in [5.41, 5.74) is -2.32. The Kier molecular flexibility index (Phi) is 5.16. The van der Waals surface area contributed by atoms with Gasteiger partial charge in [0.2, 0.25) is 6.17 Å². The average molecular weight is 310 g/mol. The summed E-state index contributed by atoms with van der Waals surface area (Å²) in [7, 11) is 0. The Bertz CT molecular complexity index is 482. The topological polar surface area (TPSA) is 55.8 Å². The molecule has 8 heteroatoms. The van der Waals surface area contributed by atoms with Gasteiger partial charge in [0.25, 0.3) is 0 Å². The third kappa shape index (κ3) is 4.59. The number of alkyl halides is 4. The number of halogens is 4. The van der Waals surface area contributed by atoms with Gasteiger partial charge >= 0.3 is 12.3 Å². The normalized spacial score (nSPS) is 16.0. The monoisotopic (exact) mass is 310 g/mol. The molecule has 1 rings (SSSR count). The van der Waals surface area contributed by atoms with Crippen molar-refractivity contribution in [2.24, 2.45) is 0 Å². The maximum absolute atomic E-state index is 13.9. The second kappa shape index (κ2) is 6.30. The van der Waals surface area contributed by atoms with Crippen LogP contribution >= 0.6 is 0 Å². The number of rotatable bonds is 5. The minimum absolute atomic E-state index is 0.0618. The number of aliphatic hydroxyl groups is 1. The molecule has 118 valence electrons. The fraction of sp³-hybridized carbons (Fsp3) is 0.462. The zero-order valence-electron chi connectivity index (χ0n) is 11.3. The molecule has 1 aromatic carbocycles. The summed E-state index contributed by atoms with van der Waals surface area (Å²) in [4.78, 5) is 11.3. The molecule has 0 aliphatic heterocycles. The molecule has 0 bridgehead atoms. The third-order valence-electron chi connectivity index (χ3n) is 2.66. The summed E-state index contributed by atoms with van der Waals surface area (Å²) in [5, 5.41) is 10.0. The molecule has 0 aromatic heterocycles. The maximum Gasteiger partial charge on any atom is 0.573 e. The van der Waals surface area contributed by atoms with E-state index in [-0.39, 0.29) is 12.2 Å². The minimum atomic E-state index is -4.85. The molecule has 0 amide bonds. The first-order valence-electron chi connectivity index (χ1n) is 5.97. The van der Waals surface area contributed by atoms with Crippen molar-refractivity contribution in [2.45, 2.75) is 32.0 Å². The molecule has 1 N–H and O–H groups in total. The molecule has 1 aromatic rings. The number of hydrogen-bond acceptors (Lipinski definition) is 4. The lowest BCUT2D eigenvalue weighted by molar-refractivity contribution is -0.274. The molecule has 0 saturated heterocycles. The summed E-state index contributed by atoms with van der Waals surface area (Å²) in [6, 6.07) is 3.89. The standard InChI is InChI=1S/C13H14F4O4/c1-3-20-11(18)10(14)12(2,19)8-4-6-9(7-5-8)21-13(15,16)17/h4-7,10,19H,3H2,1-2H3. The average Bonchev–Trinajstić information content (AvgIpc) is 2.36. The van der Waals surface area contributed by atoms with E-state index in [0.717, 1.165) is 31.2 Å². The molecule has 2 atom stereocenters. The second-order valence-electron chi connectivity index (χ2n) is 4.33. The van der Waals surface area contributed by atoms with Gasteiger partial charge in [0.05, 0.1) is 6.61 Å². The van der Waals surface area contributed by atoms with Gasteiger partial charge in [-0.15, -0.1) is 13.2 Å². The number of carbonyl (C=O) groups excluding carboxylic acids is 1. The Morgan fingerprint density at radius 3 is 2.24 bits per heavy atom. The lowest BCUT2D eigenvalue weighted by atomic mass is 9.91. The molecule has 21 heavy (non-hydrogen) atoms. The molecule has 0 fully saturated rings. The Morgan fingerprint density at radius 2 is 1.81 bits per heavy atom. The second-order valence-corrected chi connectivity index (χ2v) is 4.33. The van der Waals surface area contributed by atoms with E-state index < -0.39 is 29.9 Å². The van der Waals surface area contributed by atoms with Crippen molar-refractivity contribution in [3.05, 3.63) is 29.8 Å². The highest BCUT2D eigenvalue weighted by Crippen LogP contribution is 2.30. The number of hydrogen-bond donors (Lipinski definition) is 1. The van der Waals surface area contributed by atoms with Gasteiger partial charge in [0, 0.05) is 0 Å². The number of esters is 1. The summed E-state index contributed by atoms with van der Waals surface area (Å²) in [5.74, 6) is -1.77. The Hall–Kier alpha value is -1.83. The Balaban J connectivity index is 2.91. The lowest BCUT2D eigenvalue weighted by Gasteiger charge is -2.26. The molecular weight excluding hydrogens is 296 g/mol. The van der Waals surface area contributed by atoms with Crippen LogP contribution in [-0.2, 0) is 15.1 Å². The quantitative estimate of drug-likeness (QED) is 0.671. The summed E-state index contributed by atoms with van der Waals surface area (Å²) < 4.78 is 58.0. The van der Waals surface area contributed by atoms with Gasteiger partial charge in [-0.25, -0.2) is 9.18 Å². The van der Waals surface area contributed by atoms with E-state index in [2.05, 4.69) is 9.47 Å². The van der Waals surface area contributed by atoms with E-state index in [4.69, 9.17) is 0 Å². The highest BCUT2D eigenvalue weighted by atomic mass is 19.4. The summed E-state index contributed by atoms with van der Waals surface area (Å²) >= 11 is 0. The summed E-state index contributed by atoms with van der Waals surface area (Å²) in [6.07, 6.45) is -7.22. The van der Waals surface area contributed by atoms with Crippen LogP contribution in [0, 0.1) is 0 Å². The number of ether oxygens (including phenoxy) is 2. The highest BCUT2D eigenvalue weighted by molar-refractivity contribution is 5.76. The molecule has 0 spiro atoms. The Morgan fingerprint density at radius 1 is 1.29 bits per heavy atom.